The van der Waals surface area contributed by atoms with Crippen LogP contribution in [0.4, 0.5) is 5.69 Å². The minimum Gasteiger partial charge on any atom is -0.340 e. The number of rotatable bonds is 3. The van der Waals surface area contributed by atoms with Crippen LogP contribution in [0.15, 0.2) is 48.5 Å². The van der Waals surface area contributed by atoms with E-state index in [1.165, 1.54) is 6.07 Å². The molecule has 0 spiro atoms. The van der Waals surface area contributed by atoms with E-state index in [1.807, 2.05) is 34.9 Å². The molecule has 1 aliphatic rings. The number of nitro groups is 1. The van der Waals surface area contributed by atoms with Crippen molar-refractivity contribution in [2.45, 2.75) is 13.0 Å². The predicted molar refractivity (Wildman–Crippen MR) is 94.8 cm³/mol. The molecule has 3 aromatic rings. The Bertz CT molecular complexity index is 992. The number of hydrogen-bond donors (Lipinski definition) is 0. The Balaban J connectivity index is 1.96. The third-order valence-electron chi connectivity index (χ3n) is 4.79. The molecule has 0 saturated carbocycles. The molecule has 0 bridgehead atoms. The van der Waals surface area contributed by atoms with Gasteiger partial charge in [0.1, 0.15) is 5.69 Å². The molecule has 1 amide bonds. The van der Waals surface area contributed by atoms with Crippen molar-refractivity contribution >= 4 is 22.5 Å². The number of nitro benzene ring substituents is 1. The number of aromatic nitrogens is 1. The van der Waals surface area contributed by atoms with Crippen LogP contribution in [-0.4, -0.2) is 33.9 Å². The Morgan fingerprint density at radius 3 is 2.64 bits per heavy atom. The lowest BCUT2D eigenvalue weighted by Crippen LogP contribution is -2.35. The van der Waals surface area contributed by atoms with E-state index in [1.54, 1.807) is 24.1 Å². The fraction of sp³-hybridized carbons (Fsp3) is 0.211. The van der Waals surface area contributed by atoms with Crippen molar-refractivity contribution in [2.75, 3.05) is 13.6 Å². The van der Waals surface area contributed by atoms with Gasteiger partial charge in [0.2, 0.25) is 0 Å². The number of amides is 1. The highest BCUT2D eigenvalue weighted by molar-refractivity contribution is 6.03. The monoisotopic (exact) mass is 335 g/mol. The maximum Gasteiger partial charge on any atom is 0.270 e. The lowest BCUT2D eigenvalue weighted by Gasteiger charge is -2.24. The first-order valence-corrected chi connectivity index (χ1v) is 8.15. The average molecular weight is 335 g/mol. The summed E-state index contributed by atoms with van der Waals surface area (Å²) in [6.07, 6.45) is 0.705. The van der Waals surface area contributed by atoms with E-state index in [2.05, 4.69) is 0 Å². The van der Waals surface area contributed by atoms with Gasteiger partial charge in [-0.1, -0.05) is 30.3 Å². The molecule has 2 aromatic carbocycles. The fourth-order valence-electron chi connectivity index (χ4n) is 3.52. The van der Waals surface area contributed by atoms with Crippen LogP contribution < -0.4 is 0 Å². The zero-order valence-electron chi connectivity index (χ0n) is 13.8. The van der Waals surface area contributed by atoms with E-state index >= 15 is 0 Å². The molecule has 0 N–H and O–H groups in total. The number of hydrogen-bond acceptors (Lipinski definition) is 3. The molecule has 6 heteroatoms. The van der Waals surface area contributed by atoms with Crippen molar-refractivity contribution in [3.8, 4) is 0 Å². The topological polar surface area (TPSA) is 68.4 Å². The van der Waals surface area contributed by atoms with Crippen molar-refractivity contribution < 1.29 is 9.72 Å². The first kappa shape index (κ1) is 15.4. The Morgan fingerprint density at radius 2 is 1.92 bits per heavy atom. The maximum absolute atomic E-state index is 12.8. The summed E-state index contributed by atoms with van der Waals surface area (Å²) in [6, 6.07) is 14.8. The van der Waals surface area contributed by atoms with Gasteiger partial charge >= 0.3 is 0 Å². The van der Waals surface area contributed by atoms with Gasteiger partial charge < -0.3 is 9.47 Å². The van der Waals surface area contributed by atoms with Gasteiger partial charge in [0, 0.05) is 43.2 Å². The van der Waals surface area contributed by atoms with Gasteiger partial charge in [-0.15, -0.1) is 0 Å². The van der Waals surface area contributed by atoms with Crippen LogP contribution in [0, 0.1) is 10.1 Å². The van der Waals surface area contributed by atoms with Gasteiger partial charge in [-0.2, -0.15) is 0 Å². The van der Waals surface area contributed by atoms with Crippen LogP contribution in [0.1, 0.15) is 21.6 Å². The SMILES string of the molecule is CN1CCc2c(n(Cc3ccccc3)c3ccc([N+](=O)[O-])cc23)C1=O. The third-order valence-corrected chi connectivity index (χ3v) is 4.79. The molecular weight excluding hydrogens is 318 g/mol. The molecule has 0 unspecified atom stereocenters. The van der Waals surface area contributed by atoms with Crippen LogP contribution >= 0.6 is 0 Å². The fourth-order valence-corrected chi connectivity index (χ4v) is 3.52. The molecule has 6 nitrogen and oxygen atoms in total. The summed E-state index contributed by atoms with van der Waals surface area (Å²) < 4.78 is 1.99. The van der Waals surface area contributed by atoms with E-state index in [0.717, 1.165) is 22.0 Å². The number of benzene rings is 2. The van der Waals surface area contributed by atoms with E-state index in [4.69, 9.17) is 0 Å². The van der Waals surface area contributed by atoms with E-state index in [-0.39, 0.29) is 11.6 Å². The molecule has 0 radical (unpaired) electrons. The number of carbonyl (C=O) groups excluding carboxylic acids is 1. The highest BCUT2D eigenvalue weighted by Crippen LogP contribution is 2.33. The first-order valence-electron chi connectivity index (χ1n) is 8.15. The normalized spacial score (nSPS) is 14.0. The van der Waals surface area contributed by atoms with E-state index < -0.39 is 4.92 Å². The second-order valence-electron chi connectivity index (χ2n) is 6.33. The zero-order chi connectivity index (χ0) is 17.6. The van der Waals surface area contributed by atoms with E-state index in [0.29, 0.717) is 25.2 Å². The quantitative estimate of drug-likeness (QED) is 0.545. The maximum atomic E-state index is 12.8. The second kappa shape index (κ2) is 5.73. The molecule has 2 heterocycles. The highest BCUT2D eigenvalue weighted by Gasteiger charge is 2.29. The minimum atomic E-state index is -0.392. The molecule has 0 aliphatic carbocycles. The lowest BCUT2D eigenvalue weighted by molar-refractivity contribution is -0.384. The minimum absolute atomic E-state index is 0.0314. The molecule has 0 atom stereocenters. The Morgan fingerprint density at radius 1 is 1.16 bits per heavy atom. The predicted octanol–water partition coefficient (Wildman–Crippen LogP) is 3.23. The van der Waals surface area contributed by atoms with Gasteiger partial charge in [0.25, 0.3) is 11.6 Å². The standard InChI is InChI=1S/C19H17N3O3/c1-20-10-9-15-16-11-14(22(24)25)7-8-17(16)21(18(15)19(20)23)12-13-5-3-2-4-6-13/h2-8,11H,9-10,12H2,1H3. The summed E-state index contributed by atoms with van der Waals surface area (Å²) in [5.74, 6) is -0.0314. The first-order chi connectivity index (χ1) is 12.1. The van der Waals surface area contributed by atoms with Crippen LogP contribution in [-0.2, 0) is 13.0 Å². The highest BCUT2D eigenvalue weighted by atomic mass is 16.6. The summed E-state index contributed by atoms with van der Waals surface area (Å²) in [4.78, 5) is 25.3. The van der Waals surface area contributed by atoms with Crippen LogP contribution in [0.3, 0.4) is 0 Å². The molecule has 0 fully saturated rings. The summed E-state index contributed by atoms with van der Waals surface area (Å²) in [5.41, 5.74) is 3.56. The molecule has 1 aliphatic heterocycles. The summed E-state index contributed by atoms with van der Waals surface area (Å²) >= 11 is 0. The number of nitrogens with zero attached hydrogens (tertiary/aromatic N) is 3. The molecule has 0 saturated heterocycles. The van der Waals surface area contributed by atoms with Crippen LogP contribution in [0.25, 0.3) is 10.9 Å². The molecule has 1 aromatic heterocycles. The van der Waals surface area contributed by atoms with Crippen molar-refractivity contribution in [3.63, 3.8) is 0 Å². The number of non-ortho nitro benzene ring substituents is 1. The van der Waals surface area contributed by atoms with Crippen molar-refractivity contribution in [1.82, 2.24) is 9.47 Å². The van der Waals surface area contributed by atoms with Gasteiger partial charge in [0.05, 0.1) is 4.92 Å². The van der Waals surface area contributed by atoms with Gasteiger partial charge in [-0.05, 0) is 23.6 Å². The summed E-state index contributed by atoms with van der Waals surface area (Å²) in [5, 5.41) is 12.0. The number of carbonyl (C=O) groups is 1. The smallest absolute Gasteiger partial charge is 0.270 e. The Hall–Kier alpha value is -3.15. The van der Waals surface area contributed by atoms with Crippen molar-refractivity contribution in [1.29, 1.82) is 0 Å². The molecule has 4 rings (SSSR count). The summed E-state index contributed by atoms with van der Waals surface area (Å²) in [7, 11) is 1.79. The largest absolute Gasteiger partial charge is 0.340 e. The van der Waals surface area contributed by atoms with E-state index in [9.17, 15) is 14.9 Å². The van der Waals surface area contributed by atoms with Crippen molar-refractivity contribution in [2.24, 2.45) is 0 Å². The van der Waals surface area contributed by atoms with Crippen LogP contribution in [0.2, 0.25) is 0 Å². The molecule has 25 heavy (non-hydrogen) atoms. The van der Waals surface area contributed by atoms with Crippen LogP contribution in [0.5, 0.6) is 0 Å². The number of likely N-dealkylation sites (N-methyl/N-ethyl adjacent to an activating group) is 1. The average Bonchev–Trinajstić information content (AvgIpc) is 2.93. The Kier molecular flexibility index (Phi) is 3.53. The molecule has 126 valence electrons. The second-order valence-corrected chi connectivity index (χ2v) is 6.33. The third kappa shape index (κ3) is 2.46. The van der Waals surface area contributed by atoms with Gasteiger partial charge in [0.15, 0.2) is 0 Å². The number of fused-ring (bicyclic) bond motifs is 3. The van der Waals surface area contributed by atoms with Crippen molar-refractivity contribution in [3.05, 3.63) is 75.5 Å². The molecular formula is C19H17N3O3. The van der Waals surface area contributed by atoms with Gasteiger partial charge in [-0.25, -0.2) is 0 Å². The Labute approximate surface area is 144 Å². The zero-order valence-corrected chi connectivity index (χ0v) is 13.8. The summed E-state index contributed by atoms with van der Waals surface area (Å²) in [6.45, 7) is 1.18. The van der Waals surface area contributed by atoms with Gasteiger partial charge in [-0.3, -0.25) is 14.9 Å². The lowest BCUT2D eigenvalue weighted by atomic mass is 10.0.